The van der Waals surface area contributed by atoms with E-state index < -0.39 is 15.9 Å². The van der Waals surface area contributed by atoms with Crippen LogP contribution in [0.1, 0.15) is 31.9 Å². The molecule has 0 radical (unpaired) electrons. The number of ether oxygens (including phenoxy) is 1. The summed E-state index contributed by atoms with van der Waals surface area (Å²) >= 11 is 0. The lowest BCUT2D eigenvalue weighted by Gasteiger charge is -2.24. The Kier molecular flexibility index (Phi) is 7.99. The molecule has 0 spiro atoms. The molecule has 180 valence electrons. The van der Waals surface area contributed by atoms with E-state index in [1.807, 2.05) is 43.3 Å². The minimum Gasteiger partial charge on any atom is -0.491 e. The van der Waals surface area contributed by atoms with Crippen molar-refractivity contribution >= 4 is 21.6 Å². The van der Waals surface area contributed by atoms with Crippen LogP contribution in [0.2, 0.25) is 0 Å². The van der Waals surface area contributed by atoms with Gasteiger partial charge in [-0.2, -0.15) is 0 Å². The predicted molar refractivity (Wildman–Crippen MR) is 136 cm³/mol. The van der Waals surface area contributed by atoms with Crippen LogP contribution in [0.5, 0.6) is 5.75 Å². The molecule has 0 unspecified atom stereocenters. The highest BCUT2D eigenvalue weighted by Gasteiger charge is 2.27. The Labute approximate surface area is 202 Å². The molecule has 0 bridgehead atoms. The van der Waals surface area contributed by atoms with Gasteiger partial charge in [-0.1, -0.05) is 74.9 Å². The molecule has 0 fully saturated rings. The molecule has 0 aromatic heterocycles. The van der Waals surface area contributed by atoms with Gasteiger partial charge in [0.2, 0.25) is 5.91 Å². The van der Waals surface area contributed by atoms with Crippen molar-refractivity contribution in [2.24, 2.45) is 0 Å². The summed E-state index contributed by atoms with van der Waals surface area (Å²) in [6, 6.07) is 23.0. The van der Waals surface area contributed by atoms with E-state index in [9.17, 15) is 13.2 Å². The van der Waals surface area contributed by atoms with Crippen LogP contribution in [-0.4, -0.2) is 34.0 Å². The van der Waals surface area contributed by atoms with Crippen LogP contribution < -0.4 is 14.4 Å². The SMILES string of the molecule is Cc1ccc(N(CC(=O)NCCOc2ccccc2C(C)(C)C)S(=O)(=O)c2ccccc2)cc1. The van der Waals surface area contributed by atoms with E-state index in [0.717, 1.165) is 21.2 Å². The zero-order chi connectivity index (χ0) is 24.8. The highest BCUT2D eigenvalue weighted by molar-refractivity contribution is 7.92. The molecule has 7 heteroatoms. The fraction of sp³-hybridized carbons (Fsp3) is 0.296. The number of anilines is 1. The Morgan fingerprint density at radius 2 is 1.53 bits per heavy atom. The molecule has 0 saturated carbocycles. The van der Waals surface area contributed by atoms with E-state index in [1.165, 1.54) is 12.1 Å². The summed E-state index contributed by atoms with van der Waals surface area (Å²) in [6.45, 7) is 8.46. The van der Waals surface area contributed by atoms with Crippen molar-refractivity contribution in [3.8, 4) is 5.75 Å². The minimum absolute atomic E-state index is 0.0693. The molecule has 3 aromatic carbocycles. The summed E-state index contributed by atoms with van der Waals surface area (Å²) in [5.74, 6) is 0.366. The van der Waals surface area contributed by atoms with Crippen molar-refractivity contribution in [1.82, 2.24) is 5.32 Å². The summed E-state index contributed by atoms with van der Waals surface area (Å²) in [6.07, 6.45) is 0. The first-order valence-corrected chi connectivity index (χ1v) is 12.7. The van der Waals surface area contributed by atoms with Crippen LogP contribution in [0.25, 0.3) is 0 Å². The second-order valence-corrected chi connectivity index (χ2v) is 11.0. The Morgan fingerprint density at radius 3 is 2.18 bits per heavy atom. The van der Waals surface area contributed by atoms with Gasteiger partial charge in [-0.3, -0.25) is 9.10 Å². The van der Waals surface area contributed by atoms with Gasteiger partial charge in [0.25, 0.3) is 10.0 Å². The van der Waals surface area contributed by atoms with Crippen LogP contribution in [0.4, 0.5) is 5.69 Å². The van der Waals surface area contributed by atoms with Crippen LogP contribution in [0, 0.1) is 6.92 Å². The third-order valence-corrected chi connectivity index (χ3v) is 7.11. The van der Waals surface area contributed by atoms with Crippen molar-refractivity contribution in [3.63, 3.8) is 0 Å². The maximum absolute atomic E-state index is 13.3. The molecular weight excluding hydrogens is 448 g/mol. The lowest BCUT2D eigenvalue weighted by molar-refractivity contribution is -0.119. The van der Waals surface area contributed by atoms with Gasteiger partial charge in [-0.15, -0.1) is 0 Å². The smallest absolute Gasteiger partial charge is 0.264 e. The molecule has 0 saturated heterocycles. The number of aryl methyl sites for hydroxylation is 1. The summed E-state index contributed by atoms with van der Waals surface area (Å²) in [5, 5.41) is 2.78. The Morgan fingerprint density at radius 1 is 0.912 bits per heavy atom. The Balaban J connectivity index is 1.68. The molecule has 3 aromatic rings. The van der Waals surface area contributed by atoms with Gasteiger partial charge in [0, 0.05) is 0 Å². The number of amides is 1. The first-order valence-electron chi connectivity index (χ1n) is 11.2. The zero-order valence-corrected chi connectivity index (χ0v) is 20.9. The number of para-hydroxylation sites is 1. The predicted octanol–water partition coefficient (Wildman–Crippen LogP) is 4.68. The molecule has 34 heavy (non-hydrogen) atoms. The number of rotatable bonds is 9. The monoisotopic (exact) mass is 480 g/mol. The quantitative estimate of drug-likeness (QED) is 0.451. The number of hydrogen-bond acceptors (Lipinski definition) is 4. The fourth-order valence-electron chi connectivity index (χ4n) is 3.50. The Bertz CT molecular complexity index is 1200. The number of nitrogens with zero attached hydrogens (tertiary/aromatic N) is 1. The molecule has 0 aliphatic carbocycles. The third-order valence-electron chi connectivity index (χ3n) is 5.32. The number of hydrogen-bond donors (Lipinski definition) is 1. The molecule has 3 rings (SSSR count). The second-order valence-electron chi connectivity index (χ2n) is 9.10. The van der Waals surface area contributed by atoms with Gasteiger partial charge in [-0.05, 0) is 48.2 Å². The average molecular weight is 481 g/mol. The van der Waals surface area contributed by atoms with E-state index in [0.29, 0.717) is 5.69 Å². The van der Waals surface area contributed by atoms with Gasteiger partial charge in [0.05, 0.1) is 17.1 Å². The lowest BCUT2D eigenvalue weighted by Crippen LogP contribution is -2.42. The number of carbonyl (C=O) groups is 1. The molecule has 1 amide bonds. The molecule has 1 N–H and O–H groups in total. The number of nitrogens with one attached hydrogen (secondary N) is 1. The summed E-state index contributed by atoms with van der Waals surface area (Å²) < 4.78 is 33.7. The summed E-state index contributed by atoms with van der Waals surface area (Å²) in [4.78, 5) is 12.9. The number of sulfonamides is 1. The number of benzene rings is 3. The maximum atomic E-state index is 13.3. The minimum atomic E-state index is -3.92. The zero-order valence-electron chi connectivity index (χ0n) is 20.1. The van der Waals surface area contributed by atoms with Gasteiger partial charge in [0.1, 0.15) is 18.9 Å². The van der Waals surface area contributed by atoms with Crippen LogP contribution in [0.15, 0.2) is 83.8 Å². The lowest BCUT2D eigenvalue weighted by atomic mass is 9.86. The van der Waals surface area contributed by atoms with Crippen LogP contribution in [-0.2, 0) is 20.2 Å². The second kappa shape index (κ2) is 10.7. The average Bonchev–Trinajstić information content (AvgIpc) is 2.81. The van der Waals surface area contributed by atoms with E-state index >= 15 is 0 Å². The van der Waals surface area contributed by atoms with Crippen molar-refractivity contribution < 1.29 is 17.9 Å². The summed E-state index contributed by atoms with van der Waals surface area (Å²) in [5.41, 5.74) is 2.44. The van der Waals surface area contributed by atoms with E-state index in [4.69, 9.17) is 4.74 Å². The van der Waals surface area contributed by atoms with Gasteiger partial charge in [-0.25, -0.2) is 8.42 Å². The van der Waals surface area contributed by atoms with Crippen molar-refractivity contribution in [2.75, 3.05) is 24.0 Å². The van der Waals surface area contributed by atoms with E-state index in [2.05, 4.69) is 26.1 Å². The van der Waals surface area contributed by atoms with Gasteiger partial charge in [0.15, 0.2) is 0 Å². The van der Waals surface area contributed by atoms with Gasteiger partial charge < -0.3 is 10.1 Å². The van der Waals surface area contributed by atoms with Crippen molar-refractivity contribution in [2.45, 2.75) is 38.0 Å². The standard InChI is InChI=1S/C27H32N2O4S/c1-21-14-16-22(17-15-21)29(34(31,32)23-10-6-5-7-11-23)20-26(30)28-18-19-33-25-13-9-8-12-24(25)27(2,3)4/h5-17H,18-20H2,1-4H3,(H,28,30). The van der Waals surface area contributed by atoms with Crippen LogP contribution >= 0.6 is 0 Å². The normalized spacial score (nSPS) is 11.6. The topological polar surface area (TPSA) is 75.7 Å². The van der Waals surface area contributed by atoms with E-state index in [-0.39, 0.29) is 30.0 Å². The third kappa shape index (κ3) is 6.38. The highest BCUT2D eigenvalue weighted by Crippen LogP contribution is 2.30. The molecule has 0 atom stereocenters. The molecule has 0 aliphatic heterocycles. The highest BCUT2D eigenvalue weighted by atomic mass is 32.2. The Hall–Kier alpha value is -3.32. The largest absolute Gasteiger partial charge is 0.491 e. The molecular formula is C27H32N2O4S. The van der Waals surface area contributed by atoms with Gasteiger partial charge >= 0.3 is 0 Å². The van der Waals surface area contributed by atoms with Crippen molar-refractivity contribution in [3.05, 3.63) is 90.0 Å². The fourth-order valence-corrected chi connectivity index (χ4v) is 4.94. The first-order chi connectivity index (χ1) is 16.1. The molecule has 6 nitrogen and oxygen atoms in total. The number of carbonyl (C=O) groups excluding carboxylic acids is 1. The van der Waals surface area contributed by atoms with Crippen molar-refractivity contribution in [1.29, 1.82) is 0 Å². The molecule has 0 aliphatic rings. The van der Waals surface area contributed by atoms with Crippen LogP contribution in [0.3, 0.4) is 0 Å². The van der Waals surface area contributed by atoms with E-state index in [1.54, 1.807) is 30.3 Å². The molecule has 0 heterocycles. The summed E-state index contributed by atoms with van der Waals surface area (Å²) in [7, 11) is -3.92. The first kappa shape index (κ1) is 25.3. The maximum Gasteiger partial charge on any atom is 0.264 e.